The standard InChI is InChI=1S/C16H13ClFN3O2S/c17-11-2-1-3-12(18)10(11)7-21-13-6-9(16(23)20-19)4-5-14(13)24-8-15(21)22/h1-6H,7-8,19H2,(H,20,23). The van der Waals surface area contributed by atoms with E-state index in [4.69, 9.17) is 17.4 Å². The first-order valence-electron chi connectivity index (χ1n) is 7.02. The number of nitrogen functional groups attached to an aromatic ring is 1. The molecule has 0 saturated heterocycles. The smallest absolute Gasteiger partial charge is 0.265 e. The molecular weight excluding hydrogens is 353 g/mol. The van der Waals surface area contributed by atoms with Crippen LogP contribution in [0.1, 0.15) is 15.9 Å². The Morgan fingerprint density at radius 3 is 2.88 bits per heavy atom. The maximum absolute atomic E-state index is 14.1. The third-order valence-electron chi connectivity index (χ3n) is 3.67. The van der Waals surface area contributed by atoms with Gasteiger partial charge in [-0.3, -0.25) is 15.0 Å². The highest BCUT2D eigenvalue weighted by molar-refractivity contribution is 8.00. The van der Waals surface area contributed by atoms with Gasteiger partial charge in [0, 0.05) is 21.0 Å². The van der Waals surface area contributed by atoms with Crippen LogP contribution in [0, 0.1) is 5.82 Å². The Kier molecular flexibility index (Phi) is 4.75. The van der Waals surface area contributed by atoms with Gasteiger partial charge in [0.05, 0.1) is 18.0 Å². The summed E-state index contributed by atoms with van der Waals surface area (Å²) in [7, 11) is 0. The number of hydrazine groups is 1. The van der Waals surface area contributed by atoms with Crippen molar-refractivity contribution in [1.82, 2.24) is 5.43 Å². The molecule has 124 valence electrons. The number of hydrogen-bond acceptors (Lipinski definition) is 4. The number of nitrogens with two attached hydrogens (primary N) is 1. The Bertz CT molecular complexity index is 811. The third kappa shape index (κ3) is 3.10. The first-order valence-corrected chi connectivity index (χ1v) is 8.38. The van der Waals surface area contributed by atoms with Crippen LogP contribution in [-0.4, -0.2) is 17.6 Å². The van der Waals surface area contributed by atoms with Crippen molar-refractivity contribution in [1.29, 1.82) is 0 Å². The molecule has 3 rings (SSSR count). The number of hydrogen-bond donors (Lipinski definition) is 2. The molecule has 2 aromatic carbocycles. The Morgan fingerprint density at radius 2 is 2.17 bits per heavy atom. The summed E-state index contributed by atoms with van der Waals surface area (Å²) in [5.74, 6) is 4.26. The molecule has 0 saturated carbocycles. The number of fused-ring (bicyclic) bond motifs is 1. The molecule has 24 heavy (non-hydrogen) atoms. The first-order chi connectivity index (χ1) is 11.5. The molecule has 3 N–H and O–H groups in total. The minimum atomic E-state index is -0.481. The van der Waals surface area contributed by atoms with Gasteiger partial charge in [0.1, 0.15) is 5.82 Å². The summed E-state index contributed by atoms with van der Waals surface area (Å²) in [6, 6.07) is 9.31. The van der Waals surface area contributed by atoms with Crippen LogP contribution in [0.4, 0.5) is 10.1 Å². The zero-order valence-electron chi connectivity index (χ0n) is 12.4. The molecule has 0 fully saturated rings. The summed E-state index contributed by atoms with van der Waals surface area (Å²) in [4.78, 5) is 26.3. The normalized spacial score (nSPS) is 13.6. The number of amides is 2. The van der Waals surface area contributed by atoms with Gasteiger partial charge in [0.25, 0.3) is 5.91 Å². The van der Waals surface area contributed by atoms with Crippen LogP contribution in [0.15, 0.2) is 41.3 Å². The lowest BCUT2D eigenvalue weighted by Gasteiger charge is -2.29. The first kappa shape index (κ1) is 16.8. The molecule has 2 aromatic rings. The van der Waals surface area contributed by atoms with Crippen LogP contribution < -0.4 is 16.2 Å². The Balaban J connectivity index is 2.03. The van der Waals surface area contributed by atoms with E-state index >= 15 is 0 Å². The van der Waals surface area contributed by atoms with Gasteiger partial charge in [0.15, 0.2) is 0 Å². The number of benzene rings is 2. The summed E-state index contributed by atoms with van der Waals surface area (Å²) in [5.41, 5.74) is 3.14. The largest absolute Gasteiger partial charge is 0.306 e. The van der Waals surface area contributed by atoms with Gasteiger partial charge < -0.3 is 4.90 Å². The molecular formula is C16H13ClFN3O2S. The van der Waals surface area contributed by atoms with Crippen LogP contribution in [-0.2, 0) is 11.3 Å². The van der Waals surface area contributed by atoms with E-state index in [0.717, 1.165) is 4.90 Å². The SMILES string of the molecule is NNC(=O)c1ccc2c(c1)N(Cc1c(F)cccc1Cl)C(=O)CS2. The second-order valence-corrected chi connectivity index (χ2v) is 6.55. The fourth-order valence-electron chi connectivity index (χ4n) is 2.44. The van der Waals surface area contributed by atoms with Crippen LogP contribution in [0.25, 0.3) is 0 Å². The maximum atomic E-state index is 14.1. The zero-order valence-corrected chi connectivity index (χ0v) is 14.0. The van der Waals surface area contributed by atoms with Gasteiger partial charge in [-0.15, -0.1) is 11.8 Å². The predicted octanol–water partition coefficient (Wildman–Crippen LogP) is 2.72. The van der Waals surface area contributed by atoms with Crippen LogP contribution in [0.3, 0.4) is 0 Å². The highest BCUT2D eigenvalue weighted by Gasteiger charge is 2.27. The predicted molar refractivity (Wildman–Crippen MR) is 91.4 cm³/mol. The summed E-state index contributed by atoms with van der Waals surface area (Å²) in [5, 5.41) is 0.249. The van der Waals surface area contributed by atoms with E-state index in [0.29, 0.717) is 11.3 Å². The number of nitrogens with zero attached hydrogens (tertiary/aromatic N) is 1. The molecule has 0 bridgehead atoms. The molecule has 1 aliphatic heterocycles. The number of nitrogens with one attached hydrogen (secondary N) is 1. The molecule has 0 atom stereocenters. The molecule has 5 nitrogen and oxygen atoms in total. The van der Waals surface area contributed by atoms with Crippen molar-refractivity contribution in [3.05, 3.63) is 58.4 Å². The molecule has 1 aliphatic rings. The Hall–Kier alpha value is -2.09. The quantitative estimate of drug-likeness (QED) is 0.498. The van der Waals surface area contributed by atoms with E-state index in [1.807, 2.05) is 0 Å². The highest BCUT2D eigenvalue weighted by Crippen LogP contribution is 2.37. The highest BCUT2D eigenvalue weighted by atomic mass is 35.5. The molecule has 0 spiro atoms. The average molecular weight is 366 g/mol. The Morgan fingerprint density at radius 1 is 1.38 bits per heavy atom. The fraction of sp³-hybridized carbons (Fsp3) is 0.125. The van der Waals surface area contributed by atoms with Crippen molar-refractivity contribution in [2.45, 2.75) is 11.4 Å². The molecule has 0 aliphatic carbocycles. The molecule has 2 amide bonds. The zero-order chi connectivity index (χ0) is 17.3. The summed E-state index contributed by atoms with van der Waals surface area (Å²) in [6.45, 7) is -0.00834. The van der Waals surface area contributed by atoms with Crippen LogP contribution in [0.5, 0.6) is 0 Å². The number of carbonyl (C=O) groups excluding carboxylic acids is 2. The minimum absolute atomic E-state index is 0.00834. The molecule has 1 heterocycles. The van der Waals surface area contributed by atoms with E-state index in [1.165, 1.54) is 28.8 Å². The van der Waals surface area contributed by atoms with Crippen molar-refractivity contribution in [2.24, 2.45) is 5.84 Å². The van der Waals surface area contributed by atoms with E-state index in [-0.39, 0.29) is 28.8 Å². The van der Waals surface area contributed by atoms with Crippen molar-refractivity contribution >= 4 is 40.9 Å². The van der Waals surface area contributed by atoms with Gasteiger partial charge in [-0.25, -0.2) is 10.2 Å². The monoisotopic (exact) mass is 365 g/mol. The molecule has 0 unspecified atom stereocenters. The number of rotatable bonds is 3. The van der Waals surface area contributed by atoms with Crippen molar-refractivity contribution < 1.29 is 14.0 Å². The molecule has 0 radical (unpaired) electrons. The summed E-state index contributed by atoms with van der Waals surface area (Å²) >= 11 is 7.43. The van der Waals surface area contributed by atoms with E-state index in [2.05, 4.69) is 5.43 Å². The summed E-state index contributed by atoms with van der Waals surface area (Å²) in [6.07, 6.45) is 0. The van der Waals surface area contributed by atoms with Gasteiger partial charge in [0.2, 0.25) is 5.91 Å². The Labute approximate surface area is 146 Å². The van der Waals surface area contributed by atoms with Crippen LogP contribution in [0.2, 0.25) is 5.02 Å². The third-order valence-corrected chi connectivity index (χ3v) is 5.07. The van der Waals surface area contributed by atoms with Crippen molar-refractivity contribution in [3.63, 3.8) is 0 Å². The van der Waals surface area contributed by atoms with E-state index in [9.17, 15) is 14.0 Å². The molecule has 8 heteroatoms. The van der Waals surface area contributed by atoms with Crippen LogP contribution >= 0.6 is 23.4 Å². The van der Waals surface area contributed by atoms with Crippen molar-refractivity contribution in [2.75, 3.05) is 10.7 Å². The minimum Gasteiger partial charge on any atom is -0.306 e. The van der Waals surface area contributed by atoms with Gasteiger partial charge >= 0.3 is 0 Å². The summed E-state index contributed by atoms with van der Waals surface area (Å²) < 4.78 is 14.1. The molecule has 0 aromatic heterocycles. The van der Waals surface area contributed by atoms with Gasteiger partial charge in [-0.2, -0.15) is 0 Å². The van der Waals surface area contributed by atoms with Gasteiger partial charge in [-0.05, 0) is 30.3 Å². The average Bonchev–Trinajstić information content (AvgIpc) is 2.58. The lowest BCUT2D eigenvalue weighted by Crippen LogP contribution is -2.36. The maximum Gasteiger partial charge on any atom is 0.265 e. The number of anilines is 1. The van der Waals surface area contributed by atoms with Gasteiger partial charge in [-0.1, -0.05) is 17.7 Å². The second kappa shape index (κ2) is 6.80. The number of thioether (sulfide) groups is 1. The van der Waals surface area contributed by atoms with E-state index in [1.54, 1.807) is 24.3 Å². The fourth-order valence-corrected chi connectivity index (χ4v) is 3.58. The number of halogens is 2. The van der Waals surface area contributed by atoms with E-state index < -0.39 is 11.7 Å². The lowest BCUT2D eigenvalue weighted by molar-refractivity contribution is -0.116. The number of carbonyl (C=O) groups is 2. The van der Waals surface area contributed by atoms with Crippen molar-refractivity contribution in [3.8, 4) is 0 Å². The topological polar surface area (TPSA) is 75.4 Å². The second-order valence-electron chi connectivity index (χ2n) is 5.12. The lowest BCUT2D eigenvalue weighted by atomic mass is 10.1.